The van der Waals surface area contributed by atoms with Gasteiger partial charge in [0, 0.05) is 17.3 Å². The first-order valence-corrected chi connectivity index (χ1v) is 10.3. The van der Waals surface area contributed by atoms with Gasteiger partial charge in [0.25, 0.3) is 0 Å². The van der Waals surface area contributed by atoms with Crippen molar-refractivity contribution in [3.8, 4) is 11.3 Å². The maximum absolute atomic E-state index is 13.3. The second-order valence-corrected chi connectivity index (χ2v) is 7.87. The molecular weight excluding hydrogens is 403 g/mol. The van der Waals surface area contributed by atoms with Crippen LogP contribution in [0.4, 0.5) is 13.2 Å². The highest BCUT2D eigenvalue weighted by Crippen LogP contribution is 2.43. The number of hydrogen-bond donors (Lipinski definition) is 1. The van der Waals surface area contributed by atoms with E-state index in [1.807, 2.05) is 42.5 Å². The molecule has 3 atom stereocenters. The monoisotopic (exact) mass is 425 g/mol. The van der Waals surface area contributed by atoms with Gasteiger partial charge in [-0.1, -0.05) is 48.9 Å². The SMILES string of the molecule is O=C(c1ccc(C(F)(F)F)cc1)[C@@H]1[C@H](O)CCC[C@H]1c1ccccc1-c1ccccn1. The number of halogens is 3. The maximum atomic E-state index is 13.3. The van der Waals surface area contributed by atoms with Gasteiger partial charge >= 0.3 is 6.18 Å². The molecule has 0 bridgehead atoms. The molecule has 0 unspecified atom stereocenters. The van der Waals surface area contributed by atoms with Crippen molar-refractivity contribution in [3.05, 3.63) is 89.6 Å². The Balaban J connectivity index is 1.71. The van der Waals surface area contributed by atoms with Crippen molar-refractivity contribution in [2.75, 3.05) is 0 Å². The van der Waals surface area contributed by atoms with Crippen molar-refractivity contribution in [1.29, 1.82) is 0 Å². The van der Waals surface area contributed by atoms with Gasteiger partial charge in [0.2, 0.25) is 0 Å². The van der Waals surface area contributed by atoms with Crippen LogP contribution in [0.5, 0.6) is 0 Å². The first-order chi connectivity index (χ1) is 14.9. The molecule has 3 aromatic rings. The van der Waals surface area contributed by atoms with Gasteiger partial charge in [0.05, 0.1) is 23.3 Å². The molecule has 0 radical (unpaired) electrons. The number of aliphatic hydroxyl groups excluding tert-OH is 1. The highest BCUT2D eigenvalue weighted by atomic mass is 19.4. The van der Waals surface area contributed by atoms with Crippen LogP contribution in [0.2, 0.25) is 0 Å². The van der Waals surface area contributed by atoms with E-state index in [-0.39, 0.29) is 17.3 Å². The van der Waals surface area contributed by atoms with Gasteiger partial charge in [-0.2, -0.15) is 13.2 Å². The summed E-state index contributed by atoms with van der Waals surface area (Å²) in [6, 6.07) is 17.5. The molecule has 1 fully saturated rings. The van der Waals surface area contributed by atoms with E-state index >= 15 is 0 Å². The summed E-state index contributed by atoms with van der Waals surface area (Å²) in [5.74, 6) is -1.31. The average molecular weight is 425 g/mol. The second-order valence-electron chi connectivity index (χ2n) is 7.87. The third kappa shape index (κ3) is 4.39. The fourth-order valence-electron chi connectivity index (χ4n) is 4.47. The second kappa shape index (κ2) is 8.63. The van der Waals surface area contributed by atoms with Crippen molar-refractivity contribution >= 4 is 5.78 Å². The smallest absolute Gasteiger partial charge is 0.392 e. The molecule has 31 heavy (non-hydrogen) atoms. The Bertz CT molecular complexity index is 1050. The highest BCUT2D eigenvalue weighted by molar-refractivity contribution is 5.99. The Morgan fingerprint density at radius 2 is 1.65 bits per heavy atom. The van der Waals surface area contributed by atoms with Crippen LogP contribution in [0, 0.1) is 5.92 Å². The Kier molecular flexibility index (Phi) is 5.92. The van der Waals surface area contributed by atoms with Gasteiger partial charge in [0.1, 0.15) is 0 Å². The van der Waals surface area contributed by atoms with E-state index in [4.69, 9.17) is 0 Å². The van der Waals surface area contributed by atoms with Crippen LogP contribution >= 0.6 is 0 Å². The third-order valence-electron chi connectivity index (χ3n) is 5.96. The van der Waals surface area contributed by atoms with Gasteiger partial charge in [-0.05, 0) is 48.6 Å². The minimum atomic E-state index is -4.46. The van der Waals surface area contributed by atoms with Crippen LogP contribution in [-0.4, -0.2) is 22.0 Å². The molecule has 0 aliphatic heterocycles. The fourth-order valence-corrected chi connectivity index (χ4v) is 4.47. The van der Waals surface area contributed by atoms with Crippen LogP contribution in [0.1, 0.15) is 46.7 Å². The number of benzene rings is 2. The molecule has 4 rings (SSSR count). The van der Waals surface area contributed by atoms with E-state index in [1.54, 1.807) is 6.20 Å². The van der Waals surface area contributed by atoms with Gasteiger partial charge in [0.15, 0.2) is 5.78 Å². The van der Waals surface area contributed by atoms with Gasteiger partial charge in [-0.15, -0.1) is 0 Å². The predicted octanol–water partition coefficient (Wildman–Crippen LogP) is 5.89. The normalized spacial score (nSPS) is 21.6. The van der Waals surface area contributed by atoms with Crippen LogP contribution in [0.3, 0.4) is 0 Å². The molecule has 1 aliphatic rings. The number of carbonyl (C=O) groups is 1. The first-order valence-electron chi connectivity index (χ1n) is 10.3. The van der Waals surface area contributed by atoms with E-state index in [9.17, 15) is 23.1 Å². The number of Topliss-reactive ketones (excluding diaryl/α,β-unsaturated/α-hetero) is 1. The quantitative estimate of drug-likeness (QED) is 0.530. The summed E-state index contributed by atoms with van der Waals surface area (Å²) in [6.45, 7) is 0. The summed E-state index contributed by atoms with van der Waals surface area (Å²) < 4.78 is 38.7. The summed E-state index contributed by atoms with van der Waals surface area (Å²) in [6.07, 6.45) is -1.66. The molecule has 160 valence electrons. The van der Waals surface area contributed by atoms with Crippen LogP contribution in [-0.2, 0) is 6.18 Å². The fraction of sp³-hybridized carbons (Fsp3) is 0.280. The Hall–Kier alpha value is -2.99. The molecule has 1 N–H and O–H groups in total. The third-order valence-corrected chi connectivity index (χ3v) is 5.96. The largest absolute Gasteiger partial charge is 0.416 e. The molecule has 0 spiro atoms. The van der Waals surface area contributed by atoms with Crippen molar-refractivity contribution in [3.63, 3.8) is 0 Å². The summed E-state index contributed by atoms with van der Waals surface area (Å²) in [5, 5.41) is 10.8. The Morgan fingerprint density at radius 3 is 2.32 bits per heavy atom. The molecule has 0 saturated heterocycles. The molecule has 6 heteroatoms. The lowest BCUT2D eigenvalue weighted by molar-refractivity contribution is -0.137. The lowest BCUT2D eigenvalue weighted by atomic mass is 9.69. The summed E-state index contributed by atoms with van der Waals surface area (Å²) >= 11 is 0. The number of aliphatic hydroxyl groups is 1. The van der Waals surface area contributed by atoms with Crippen molar-refractivity contribution in [1.82, 2.24) is 4.98 Å². The van der Waals surface area contributed by atoms with Gasteiger partial charge in [-0.25, -0.2) is 0 Å². The van der Waals surface area contributed by atoms with E-state index in [1.165, 1.54) is 12.1 Å². The van der Waals surface area contributed by atoms with E-state index in [2.05, 4.69) is 4.98 Å². The lowest BCUT2D eigenvalue weighted by Crippen LogP contribution is -2.37. The molecular formula is C25H22F3NO2. The minimum absolute atomic E-state index is 0.180. The number of ketones is 1. The number of alkyl halides is 3. The predicted molar refractivity (Wildman–Crippen MR) is 112 cm³/mol. The van der Waals surface area contributed by atoms with Gasteiger partial charge in [-0.3, -0.25) is 9.78 Å². The maximum Gasteiger partial charge on any atom is 0.416 e. The first kappa shape index (κ1) is 21.2. The van der Waals surface area contributed by atoms with Gasteiger partial charge < -0.3 is 5.11 Å². The van der Waals surface area contributed by atoms with Crippen LogP contribution in [0.25, 0.3) is 11.3 Å². The summed E-state index contributed by atoms with van der Waals surface area (Å²) in [7, 11) is 0. The summed E-state index contributed by atoms with van der Waals surface area (Å²) in [5.41, 5.74) is 1.97. The molecule has 2 aromatic carbocycles. The number of nitrogens with zero attached hydrogens (tertiary/aromatic N) is 1. The molecule has 1 saturated carbocycles. The van der Waals surface area contributed by atoms with Crippen LogP contribution < -0.4 is 0 Å². The number of pyridine rings is 1. The zero-order valence-corrected chi connectivity index (χ0v) is 16.7. The van der Waals surface area contributed by atoms with Crippen LogP contribution in [0.15, 0.2) is 72.9 Å². The van der Waals surface area contributed by atoms with Crippen molar-refractivity contribution < 1.29 is 23.1 Å². The van der Waals surface area contributed by atoms with Crippen molar-refractivity contribution in [2.24, 2.45) is 5.92 Å². The summed E-state index contributed by atoms with van der Waals surface area (Å²) in [4.78, 5) is 17.8. The topological polar surface area (TPSA) is 50.2 Å². The number of aromatic nitrogens is 1. The molecule has 1 aliphatic carbocycles. The lowest BCUT2D eigenvalue weighted by Gasteiger charge is -2.36. The van der Waals surface area contributed by atoms with E-state index in [0.717, 1.165) is 35.4 Å². The number of rotatable bonds is 4. The van der Waals surface area contributed by atoms with Crippen molar-refractivity contribution in [2.45, 2.75) is 37.5 Å². The Morgan fingerprint density at radius 1 is 0.935 bits per heavy atom. The van der Waals surface area contributed by atoms with E-state index in [0.29, 0.717) is 12.8 Å². The molecule has 1 aromatic heterocycles. The van der Waals surface area contributed by atoms with E-state index < -0.39 is 23.8 Å². The standard InChI is InChI=1S/C25H22F3NO2/c26-25(27,28)17-13-11-16(12-14-17)24(31)23-20(8-5-10-22(23)30)18-6-1-2-7-19(18)21-9-3-4-15-29-21/h1-4,6-7,9,11-15,20,22-23,30H,5,8,10H2/t20-,22+,23-/m0/s1. The molecule has 0 amide bonds. The number of hydrogen-bond acceptors (Lipinski definition) is 3. The highest BCUT2D eigenvalue weighted by Gasteiger charge is 2.40. The zero-order chi connectivity index (χ0) is 22.0. The zero-order valence-electron chi connectivity index (χ0n) is 16.7. The average Bonchev–Trinajstić information content (AvgIpc) is 2.78. The number of carbonyl (C=O) groups excluding carboxylic acids is 1. The molecule has 3 nitrogen and oxygen atoms in total. The minimum Gasteiger partial charge on any atom is -0.392 e. The Labute approximate surface area is 178 Å². The molecule has 1 heterocycles.